The number of benzene rings is 1. The highest BCUT2D eigenvalue weighted by atomic mass is 32.1. The van der Waals surface area contributed by atoms with Crippen LogP contribution in [0, 0.1) is 13.8 Å². The van der Waals surface area contributed by atoms with Crippen molar-refractivity contribution >= 4 is 17.2 Å². The number of hydrogen-bond acceptors (Lipinski definition) is 11. The van der Waals surface area contributed by atoms with E-state index < -0.39 is 0 Å². The normalized spacial score (nSPS) is 11.3. The second-order valence-electron chi connectivity index (χ2n) is 12.3. The minimum Gasteiger partial charge on any atom is -0.472 e. The predicted molar refractivity (Wildman–Crippen MR) is 189 cm³/mol. The summed E-state index contributed by atoms with van der Waals surface area (Å²) in [6.07, 6.45) is 6.94. The third-order valence-corrected chi connectivity index (χ3v) is 8.63. The minimum absolute atomic E-state index is 0.0253. The van der Waals surface area contributed by atoms with Crippen LogP contribution in [-0.4, -0.2) is 45.4 Å². The monoisotopic (exact) mass is 691 g/mol. The fraction of sp³-hybridized carbons (Fsp3) is 0.278. The van der Waals surface area contributed by atoms with E-state index in [1.54, 1.807) is 35.7 Å². The van der Waals surface area contributed by atoms with Crippen molar-refractivity contribution in [3.8, 4) is 34.2 Å². The maximum atomic E-state index is 13.2. The van der Waals surface area contributed by atoms with Gasteiger partial charge in [-0.05, 0) is 49.4 Å². The number of rotatable bonds is 12. The smallest absolute Gasteiger partial charge is 0.271 e. The van der Waals surface area contributed by atoms with Gasteiger partial charge in [0.15, 0.2) is 5.82 Å². The lowest BCUT2D eigenvalue weighted by molar-refractivity contribution is 0.0947. The highest BCUT2D eigenvalue weighted by Gasteiger charge is 2.23. The van der Waals surface area contributed by atoms with E-state index >= 15 is 0 Å². The van der Waals surface area contributed by atoms with Crippen LogP contribution in [0.15, 0.2) is 71.6 Å². The summed E-state index contributed by atoms with van der Waals surface area (Å²) < 4.78 is 14.3. The number of aryl methyl sites for hydroxylation is 2. The van der Waals surface area contributed by atoms with Gasteiger partial charge < -0.3 is 19.8 Å². The Morgan fingerprint density at radius 3 is 2.38 bits per heavy atom. The maximum Gasteiger partial charge on any atom is 0.271 e. The Morgan fingerprint density at radius 2 is 1.72 bits per heavy atom. The zero-order valence-corrected chi connectivity index (χ0v) is 29.4. The zero-order valence-electron chi connectivity index (χ0n) is 28.6. The van der Waals surface area contributed by atoms with Crippen molar-refractivity contribution in [2.45, 2.75) is 66.5 Å². The summed E-state index contributed by atoms with van der Waals surface area (Å²) in [5.41, 5.74) is 6.08. The van der Waals surface area contributed by atoms with Gasteiger partial charge in [-0.25, -0.2) is 15.0 Å². The number of nitrogens with zero attached hydrogens (tertiary/aromatic N) is 7. The van der Waals surface area contributed by atoms with E-state index in [-0.39, 0.29) is 42.1 Å². The van der Waals surface area contributed by atoms with Crippen LogP contribution in [-0.2, 0) is 13.2 Å². The van der Waals surface area contributed by atoms with Crippen LogP contribution in [0.2, 0.25) is 0 Å². The number of H-pyrrole nitrogens is 1. The molecule has 256 valence electrons. The summed E-state index contributed by atoms with van der Waals surface area (Å²) in [7, 11) is 0. The van der Waals surface area contributed by atoms with E-state index in [4.69, 9.17) is 19.4 Å². The summed E-state index contributed by atoms with van der Waals surface area (Å²) in [6.45, 7) is 12.1. The van der Waals surface area contributed by atoms with Gasteiger partial charge in [0.1, 0.15) is 29.3 Å². The van der Waals surface area contributed by atoms with Gasteiger partial charge in [-0.2, -0.15) is 9.97 Å². The maximum absolute atomic E-state index is 13.2. The first-order valence-corrected chi connectivity index (χ1v) is 17.0. The van der Waals surface area contributed by atoms with Crippen LogP contribution in [0.3, 0.4) is 0 Å². The molecule has 0 aliphatic carbocycles. The Kier molecular flexibility index (Phi) is 10.1. The van der Waals surface area contributed by atoms with E-state index in [1.807, 2.05) is 77.2 Å². The molecule has 0 atom stereocenters. The number of amides is 1. The SMILES string of the molecule is Cc1cn(-c2nc(OCc3cccnc3)c(C(C)C)c(Oc3ccc(CNC(=O)c4ncsc4-c4nc(C)c(C(C)C)c(=O)[nH]4)cc3)n2)cn1. The quantitative estimate of drug-likeness (QED) is 0.146. The molecule has 0 saturated heterocycles. The lowest BCUT2D eigenvalue weighted by Gasteiger charge is -2.18. The lowest BCUT2D eigenvalue weighted by atomic mass is 10.0. The number of carbonyl (C=O) groups is 1. The van der Waals surface area contributed by atoms with Gasteiger partial charge in [-0.3, -0.25) is 19.1 Å². The van der Waals surface area contributed by atoms with Gasteiger partial charge in [-0.15, -0.1) is 11.3 Å². The molecular weight excluding hydrogens is 655 g/mol. The number of ether oxygens (including phenoxy) is 2. The zero-order chi connectivity index (χ0) is 35.4. The second-order valence-corrected chi connectivity index (χ2v) is 13.2. The molecule has 0 radical (unpaired) electrons. The lowest BCUT2D eigenvalue weighted by Crippen LogP contribution is -2.24. The molecule has 5 heterocycles. The van der Waals surface area contributed by atoms with Crippen LogP contribution in [0.5, 0.6) is 17.5 Å². The number of thiazole rings is 1. The molecule has 0 fully saturated rings. The number of pyridine rings is 1. The van der Waals surface area contributed by atoms with Crippen molar-refractivity contribution in [3.63, 3.8) is 0 Å². The summed E-state index contributed by atoms with van der Waals surface area (Å²) in [5, 5.41) is 2.92. The molecule has 0 bridgehead atoms. The van der Waals surface area contributed by atoms with E-state index in [2.05, 4.69) is 30.2 Å². The standard InChI is InChI=1S/C36H37N9O4S/c1-20(2)27-23(6)41-31(42-32(27)46)30-29(40-19-50-30)33(47)38-15-24-9-11-26(12-10-24)49-35-28(21(3)4)34(48-17-25-8-7-13-37-14-25)43-36(44-35)45-16-22(5)39-18-45/h7-14,16,18-21H,15,17H2,1-6H3,(H,38,47)(H,41,42,46). The largest absolute Gasteiger partial charge is 0.472 e. The molecule has 6 aromatic rings. The van der Waals surface area contributed by atoms with E-state index in [1.165, 1.54) is 11.3 Å². The van der Waals surface area contributed by atoms with Crippen LogP contribution in [0.4, 0.5) is 0 Å². The van der Waals surface area contributed by atoms with Crippen LogP contribution >= 0.6 is 11.3 Å². The van der Waals surface area contributed by atoms with Gasteiger partial charge >= 0.3 is 0 Å². The van der Waals surface area contributed by atoms with Crippen molar-refractivity contribution in [1.82, 2.24) is 44.8 Å². The third kappa shape index (κ3) is 7.60. The van der Waals surface area contributed by atoms with Gasteiger partial charge in [-0.1, -0.05) is 45.9 Å². The molecule has 0 unspecified atom stereocenters. The fourth-order valence-corrected chi connectivity index (χ4v) is 6.12. The number of aromatic nitrogens is 8. The average molecular weight is 692 g/mol. The molecule has 0 spiro atoms. The number of imidazole rings is 1. The summed E-state index contributed by atoms with van der Waals surface area (Å²) in [6, 6.07) is 11.1. The molecule has 0 aliphatic heterocycles. The third-order valence-electron chi connectivity index (χ3n) is 7.79. The topological polar surface area (TPSA) is 163 Å². The number of aromatic amines is 1. The van der Waals surface area contributed by atoms with E-state index in [0.29, 0.717) is 45.4 Å². The van der Waals surface area contributed by atoms with E-state index in [9.17, 15) is 9.59 Å². The predicted octanol–water partition coefficient (Wildman–Crippen LogP) is 6.43. The number of hydrogen-bond donors (Lipinski definition) is 2. The summed E-state index contributed by atoms with van der Waals surface area (Å²) in [4.78, 5) is 56.1. The van der Waals surface area contributed by atoms with Crippen molar-refractivity contribution in [3.05, 3.63) is 117 Å². The van der Waals surface area contributed by atoms with Crippen molar-refractivity contribution < 1.29 is 14.3 Å². The molecule has 1 amide bonds. The first-order valence-electron chi connectivity index (χ1n) is 16.1. The van der Waals surface area contributed by atoms with Crippen molar-refractivity contribution in [2.24, 2.45) is 0 Å². The molecule has 13 nitrogen and oxygen atoms in total. The minimum atomic E-state index is -0.376. The molecular formula is C36H37N9O4S. The Hall–Kier alpha value is -5.76. The molecule has 0 aliphatic rings. The Balaban J connectivity index is 1.19. The van der Waals surface area contributed by atoms with Crippen molar-refractivity contribution in [2.75, 3.05) is 0 Å². The Labute approximate surface area is 292 Å². The molecule has 6 rings (SSSR count). The molecule has 5 aromatic heterocycles. The Morgan fingerprint density at radius 1 is 0.960 bits per heavy atom. The van der Waals surface area contributed by atoms with Gasteiger partial charge in [0.05, 0.1) is 16.8 Å². The van der Waals surface area contributed by atoms with Gasteiger partial charge in [0.2, 0.25) is 17.7 Å². The molecule has 0 saturated carbocycles. The van der Waals surface area contributed by atoms with Crippen molar-refractivity contribution in [1.29, 1.82) is 0 Å². The second kappa shape index (κ2) is 14.8. The van der Waals surface area contributed by atoms with Crippen LogP contribution in [0.25, 0.3) is 16.6 Å². The highest BCUT2D eigenvalue weighted by Crippen LogP contribution is 2.36. The summed E-state index contributed by atoms with van der Waals surface area (Å²) >= 11 is 1.25. The molecule has 50 heavy (non-hydrogen) atoms. The average Bonchev–Trinajstić information content (AvgIpc) is 3.76. The summed E-state index contributed by atoms with van der Waals surface area (Å²) in [5.74, 6) is 1.62. The molecule has 2 N–H and O–H groups in total. The molecule has 1 aromatic carbocycles. The molecule has 14 heteroatoms. The fourth-order valence-electron chi connectivity index (χ4n) is 5.39. The van der Waals surface area contributed by atoms with Crippen LogP contribution < -0.4 is 20.3 Å². The number of nitrogens with one attached hydrogen (secondary N) is 2. The van der Waals surface area contributed by atoms with Gasteiger partial charge in [0.25, 0.3) is 11.5 Å². The number of carbonyl (C=O) groups excluding carboxylic acids is 1. The Bertz CT molecular complexity index is 2170. The van der Waals surface area contributed by atoms with Crippen LogP contribution in [0.1, 0.15) is 83.7 Å². The van der Waals surface area contributed by atoms with E-state index in [0.717, 1.165) is 22.4 Å². The van der Waals surface area contributed by atoms with Gasteiger partial charge in [0, 0.05) is 42.0 Å². The first kappa shape index (κ1) is 34.1. The highest BCUT2D eigenvalue weighted by molar-refractivity contribution is 7.13. The first-order chi connectivity index (χ1) is 24.1.